The van der Waals surface area contributed by atoms with Crippen LogP contribution in [-0.2, 0) is 6.54 Å². The van der Waals surface area contributed by atoms with E-state index in [1.807, 2.05) is 37.3 Å². The van der Waals surface area contributed by atoms with Crippen LogP contribution in [0.4, 0.5) is 0 Å². The minimum atomic E-state index is 0.177. The SMILES string of the molecule is Cc1cc(O)c(CNCC(CCO)c2ccccc2)cc1C. The van der Waals surface area contributed by atoms with E-state index in [-0.39, 0.29) is 12.5 Å². The van der Waals surface area contributed by atoms with Crippen molar-refractivity contribution in [3.63, 3.8) is 0 Å². The third kappa shape index (κ3) is 4.33. The average molecular weight is 299 g/mol. The Morgan fingerprint density at radius 2 is 1.73 bits per heavy atom. The lowest BCUT2D eigenvalue weighted by Crippen LogP contribution is -2.22. The van der Waals surface area contributed by atoms with Gasteiger partial charge in [0.15, 0.2) is 0 Å². The first-order valence-corrected chi connectivity index (χ1v) is 7.77. The molecule has 1 atom stereocenters. The van der Waals surface area contributed by atoms with Crippen LogP contribution in [0.15, 0.2) is 42.5 Å². The predicted molar refractivity (Wildman–Crippen MR) is 90.2 cm³/mol. The van der Waals surface area contributed by atoms with Gasteiger partial charge in [-0.05, 0) is 48.9 Å². The minimum absolute atomic E-state index is 0.177. The summed E-state index contributed by atoms with van der Waals surface area (Å²) in [5.74, 6) is 0.619. The van der Waals surface area contributed by atoms with E-state index in [9.17, 15) is 10.2 Å². The molecule has 2 rings (SSSR count). The van der Waals surface area contributed by atoms with Crippen LogP contribution in [0.3, 0.4) is 0 Å². The number of hydrogen-bond donors (Lipinski definition) is 3. The Hall–Kier alpha value is -1.84. The van der Waals surface area contributed by atoms with Crippen molar-refractivity contribution in [1.82, 2.24) is 5.32 Å². The maximum Gasteiger partial charge on any atom is 0.120 e. The van der Waals surface area contributed by atoms with Gasteiger partial charge >= 0.3 is 0 Å². The van der Waals surface area contributed by atoms with Gasteiger partial charge in [0, 0.05) is 25.3 Å². The van der Waals surface area contributed by atoms with Gasteiger partial charge in [0.25, 0.3) is 0 Å². The van der Waals surface area contributed by atoms with Crippen molar-refractivity contribution in [1.29, 1.82) is 0 Å². The second-order valence-corrected chi connectivity index (χ2v) is 5.82. The lowest BCUT2D eigenvalue weighted by Gasteiger charge is -2.18. The largest absolute Gasteiger partial charge is 0.508 e. The Labute approximate surface area is 132 Å². The van der Waals surface area contributed by atoms with Crippen molar-refractivity contribution < 1.29 is 10.2 Å². The highest BCUT2D eigenvalue weighted by molar-refractivity contribution is 5.40. The summed E-state index contributed by atoms with van der Waals surface area (Å²) in [6.45, 7) is 5.63. The number of aliphatic hydroxyl groups excluding tert-OH is 1. The third-order valence-electron chi connectivity index (χ3n) is 4.15. The van der Waals surface area contributed by atoms with E-state index < -0.39 is 0 Å². The summed E-state index contributed by atoms with van der Waals surface area (Å²) in [7, 11) is 0. The number of phenols is 1. The zero-order valence-corrected chi connectivity index (χ0v) is 13.3. The van der Waals surface area contributed by atoms with E-state index in [1.165, 1.54) is 11.1 Å². The maximum absolute atomic E-state index is 10.0. The molecule has 0 bridgehead atoms. The molecular weight excluding hydrogens is 274 g/mol. The molecule has 0 saturated carbocycles. The molecule has 3 heteroatoms. The highest BCUT2D eigenvalue weighted by Gasteiger charge is 2.11. The molecule has 0 aliphatic carbocycles. The first-order chi connectivity index (χ1) is 10.6. The molecule has 3 nitrogen and oxygen atoms in total. The molecule has 0 saturated heterocycles. The number of aliphatic hydroxyl groups is 1. The van der Waals surface area contributed by atoms with Crippen molar-refractivity contribution in [3.8, 4) is 5.75 Å². The number of rotatable bonds is 7. The Balaban J connectivity index is 1.98. The molecule has 2 aromatic carbocycles. The minimum Gasteiger partial charge on any atom is -0.508 e. The Morgan fingerprint density at radius 1 is 1.05 bits per heavy atom. The first-order valence-electron chi connectivity index (χ1n) is 7.77. The maximum atomic E-state index is 10.0. The van der Waals surface area contributed by atoms with E-state index >= 15 is 0 Å². The molecule has 1 unspecified atom stereocenters. The van der Waals surface area contributed by atoms with Crippen molar-refractivity contribution in [2.24, 2.45) is 0 Å². The number of phenolic OH excluding ortho intramolecular Hbond substituents is 1. The van der Waals surface area contributed by atoms with Gasteiger partial charge in [-0.3, -0.25) is 0 Å². The molecular formula is C19H25NO2. The summed E-state index contributed by atoms with van der Waals surface area (Å²) in [5, 5.41) is 22.7. The molecule has 0 aromatic heterocycles. The molecule has 0 heterocycles. The Kier molecular flexibility index (Phi) is 5.99. The number of benzene rings is 2. The second-order valence-electron chi connectivity index (χ2n) is 5.82. The molecule has 0 aliphatic heterocycles. The van der Waals surface area contributed by atoms with Gasteiger partial charge in [-0.1, -0.05) is 36.4 Å². The van der Waals surface area contributed by atoms with Crippen molar-refractivity contribution in [3.05, 3.63) is 64.7 Å². The van der Waals surface area contributed by atoms with Crippen LogP contribution in [-0.4, -0.2) is 23.4 Å². The highest BCUT2D eigenvalue weighted by Crippen LogP contribution is 2.22. The third-order valence-corrected chi connectivity index (χ3v) is 4.15. The van der Waals surface area contributed by atoms with Gasteiger partial charge in [-0.2, -0.15) is 0 Å². The standard InChI is InChI=1S/C19H25NO2/c1-14-10-18(19(22)11-15(14)2)13-20-12-17(8-9-21)16-6-4-3-5-7-16/h3-7,10-11,17,20-22H,8-9,12-13H2,1-2H3. The summed E-state index contributed by atoms with van der Waals surface area (Å²) >= 11 is 0. The molecule has 118 valence electrons. The molecule has 0 fully saturated rings. The van der Waals surface area contributed by atoms with Gasteiger partial charge in [-0.25, -0.2) is 0 Å². The fourth-order valence-electron chi connectivity index (χ4n) is 2.65. The van der Waals surface area contributed by atoms with E-state index in [1.54, 1.807) is 0 Å². The average Bonchev–Trinajstić information content (AvgIpc) is 2.52. The van der Waals surface area contributed by atoms with E-state index in [0.717, 1.165) is 24.1 Å². The summed E-state index contributed by atoms with van der Waals surface area (Å²) in [6.07, 6.45) is 0.732. The van der Waals surface area contributed by atoms with E-state index in [0.29, 0.717) is 12.3 Å². The summed E-state index contributed by atoms with van der Waals surface area (Å²) < 4.78 is 0. The normalized spacial score (nSPS) is 12.3. The van der Waals surface area contributed by atoms with Gasteiger partial charge < -0.3 is 15.5 Å². The highest BCUT2D eigenvalue weighted by atomic mass is 16.3. The molecule has 0 spiro atoms. The number of nitrogens with one attached hydrogen (secondary N) is 1. The fourth-order valence-corrected chi connectivity index (χ4v) is 2.65. The number of aromatic hydroxyl groups is 1. The van der Waals surface area contributed by atoms with Gasteiger partial charge in [0.2, 0.25) is 0 Å². The molecule has 0 amide bonds. The van der Waals surface area contributed by atoms with Gasteiger partial charge in [0.05, 0.1) is 0 Å². The Bertz CT molecular complexity index is 596. The smallest absolute Gasteiger partial charge is 0.120 e. The van der Waals surface area contributed by atoms with E-state index in [4.69, 9.17) is 0 Å². The van der Waals surface area contributed by atoms with Crippen LogP contribution >= 0.6 is 0 Å². The topological polar surface area (TPSA) is 52.5 Å². The van der Waals surface area contributed by atoms with Crippen LogP contribution in [0.25, 0.3) is 0 Å². The summed E-state index contributed by atoms with van der Waals surface area (Å²) in [4.78, 5) is 0. The fraction of sp³-hybridized carbons (Fsp3) is 0.368. The van der Waals surface area contributed by atoms with Crippen LogP contribution in [0.1, 0.15) is 34.6 Å². The van der Waals surface area contributed by atoms with Crippen LogP contribution in [0.5, 0.6) is 5.75 Å². The van der Waals surface area contributed by atoms with E-state index in [2.05, 4.69) is 24.4 Å². The first kappa shape index (κ1) is 16.5. The number of hydrogen-bond acceptors (Lipinski definition) is 3. The quantitative estimate of drug-likeness (QED) is 0.735. The predicted octanol–water partition coefficient (Wildman–Crippen LogP) is 3.26. The molecule has 3 N–H and O–H groups in total. The molecule has 22 heavy (non-hydrogen) atoms. The van der Waals surface area contributed by atoms with Gasteiger partial charge in [-0.15, -0.1) is 0 Å². The van der Waals surface area contributed by atoms with Crippen molar-refractivity contribution in [2.45, 2.75) is 32.7 Å². The van der Waals surface area contributed by atoms with Crippen LogP contribution in [0, 0.1) is 13.8 Å². The zero-order valence-electron chi connectivity index (χ0n) is 13.3. The van der Waals surface area contributed by atoms with Crippen molar-refractivity contribution >= 4 is 0 Å². The zero-order chi connectivity index (χ0) is 15.9. The van der Waals surface area contributed by atoms with Gasteiger partial charge in [0.1, 0.15) is 5.75 Å². The second kappa shape index (κ2) is 7.97. The number of aryl methyl sites for hydroxylation is 2. The molecule has 2 aromatic rings. The van der Waals surface area contributed by atoms with Crippen LogP contribution < -0.4 is 5.32 Å². The monoisotopic (exact) mass is 299 g/mol. The lowest BCUT2D eigenvalue weighted by atomic mass is 9.96. The van der Waals surface area contributed by atoms with Crippen molar-refractivity contribution in [2.75, 3.05) is 13.2 Å². The Morgan fingerprint density at radius 3 is 2.41 bits per heavy atom. The molecule has 0 aliphatic rings. The summed E-state index contributed by atoms with van der Waals surface area (Å²) in [6, 6.07) is 14.1. The lowest BCUT2D eigenvalue weighted by molar-refractivity contribution is 0.273. The molecule has 0 radical (unpaired) electrons. The van der Waals surface area contributed by atoms with Crippen LogP contribution in [0.2, 0.25) is 0 Å². The summed E-state index contributed by atoms with van der Waals surface area (Å²) in [5.41, 5.74) is 4.43.